The summed E-state index contributed by atoms with van der Waals surface area (Å²) >= 11 is 0. The van der Waals surface area contributed by atoms with Crippen LogP contribution in [-0.4, -0.2) is 40.8 Å². The molecule has 8 nitrogen and oxygen atoms in total. The van der Waals surface area contributed by atoms with Crippen LogP contribution in [0, 0.1) is 13.8 Å². The van der Waals surface area contributed by atoms with Gasteiger partial charge in [0.2, 0.25) is 11.8 Å². The molecule has 0 bridgehead atoms. The molecule has 1 fully saturated rings. The molecule has 2 aliphatic heterocycles. The Kier molecular flexibility index (Phi) is 4.51. The number of anilines is 1. The molecular formula is C19H21N3O5. The lowest BCUT2D eigenvalue weighted by atomic mass is 9.96. The van der Waals surface area contributed by atoms with Crippen LogP contribution in [0.3, 0.4) is 0 Å². The molecule has 27 heavy (non-hydrogen) atoms. The number of hydrazine groups is 1. The van der Waals surface area contributed by atoms with Gasteiger partial charge in [-0.2, -0.15) is 0 Å². The number of imide groups is 1. The number of nitrogens with one attached hydrogen (secondary N) is 1. The molecule has 142 valence electrons. The van der Waals surface area contributed by atoms with E-state index in [9.17, 15) is 19.2 Å². The van der Waals surface area contributed by atoms with E-state index in [1.165, 1.54) is 13.0 Å². The molecule has 0 aliphatic carbocycles. The minimum atomic E-state index is -1.58. The number of carbonyl (C=O) groups excluding carboxylic acids is 4. The van der Waals surface area contributed by atoms with Gasteiger partial charge < -0.3 is 4.74 Å². The Morgan fingerprint density at radius 2 is 1.93 bits per heavy atom. The van der Waals surface area contributed by atoms with Crippen molar-refractivity contribution in [2.45, 2.75) is 39.7 Å². The van der Waals surface area contributed by atoms with Crippen LogP contribution in [0.2, 0.25) is 0 Å². The third-order valence-corrected chi connectivity index (χ3v) is 4.82. The van der Waals surface area contributed by atoms with Gasteiger partial charge >= 0.3 is 5.97 Å². The van der Waals surface area contributed by atoms with Gasteiger partial charge in [-0.25, -0.2) is 14.7 Å². The molecule has 1 spiro atoms. The van der Waals surface area contributed by atoms with Crippen LogP contribution in [0.25, 0.3) is 0 Å². The second kappa shape index (κ2) is 6.53. The molecule has 0 saturated carbocycles. The van der Waals surface area contributed by atoms with Crippen LogP contribution < -0.4 is 10.3 Å². The summed E-state index contributed by atoms with van der Waals surface area (Å²) in [4.78, 5) is 51.2. The summed E-state index contributed by atoms with van der Waals surface area (Å²) < 4.78 is 4.94. The Bertz CT molecular complexity index is 891. The molecule has 1 aromatic carbocycles. The van der Waals surface area contributed by atoms with Crippen LogP contribution in [0.5, 0.6) is 0 Å². The van der Waals surface area contributed by atoms with Crippen molar-refractivity contribution in [3.63, 3.8) is 0 Å². The van der Waals surface area contributed by atoms with E-state index in [1.807, 2.05) is 19.9 Å². The third kappa shape index (κ3) is 2.87. The Labute approximate surface area is 156 Å². The Hall–Kier alpha value is -3.16. The lowest BCUT2D eigenvalue weighted by molar-refractivity contribution is -0.144. The summed E-state index contributed by atoms with van der Waals surface area (Å²) in [6, 6.07) is 5.26. The monoisotopic (exact) mass is 371 g/mol. The number of amides is 3. The van der Waals surface area contributed by atoms with Gasteiger partial charge in [0.25, 0.3) is 5.91 Å². The second-order valence-corrected chi connectivity index (χ2v) is 6.65. The zero-order chi connectivity index (χ0) is 19.9. The van der Waals surface area contributed by atoms with Crippen molar-refractivity contribution in [1.29, 1.82) is 0 Å². The fourth-order valence-corrected chi connectivity index (χ4v) is 3.33. The van der Waals surface area contributed by atoms with Crippen LogP contribution in [0.1, 0.15) is 31.4 Å². The summed E-state index contributed by atoms with van der Waals surface area (Å²) in [5.74, 6) is -2.21. The summed E-state index contributed by atoms with van der Waals surface area (Å²) in [7, 11) is 0. The second-order valence-electron chi connectivity index (χ2n) is 6.65. The van der Waals surface area contributed by atoms with E-state index in [4.69, 9.17) is 4.74 Å². The number of aryl methyl sites for hydroxylation is 2. The van der Waals surface area contributed by atoms with E-state index in [0.29, 0.717) is 5.69 Å². The van der Waals surface area contributed by atoms with E-state index in [1.54, 1.807) is 19.1 Å². The third-order valence-electron chi connectivity index (χ3n) is 4.82. The maximum atomic E-state index is 13.3. The number of nitrogens with zero attached hydrogens (tertiary/aromatic N) is 2. The number of hydrogen-bond acceptors (Lipinski definition) is 6. The van der Waals surface area contributed by atoms with Gasteiger partial charge in [-0.15, -0.1) is 0 Å². The molecule has 1 saturated heterocycles. The van der Waals surface area contributed by atoms with Gasteiger partial charge in [-0.05, 0) is 50.1 Å². The van der Waals surface area contributed by atoms with Crippen LogP contribution in [-0.2, 0) is 23.9 Å². The van der Waals surface area contributed by atoms with Crippen LogP contribution in [0.4, 0.5) is 5.69 Å². The van der Waals surface area contributed by atoms with Gasteiger partial charge in [-0.1, -0.05) is 6.07 Å². The normalized spacial score (nSPS) is 21.6. The number of ether oxygens (including phenoxy) is 1. The summed E-state index contributed by atoms with van der Waals surface area (Å²) in [5, 5.41) is 1.03. The lowest BCUT2D eigenvalue weighted by Crippen LogP contribution is -2.56. The maximum absolute atomic E-state index is 13.3. The van der Waals surface area contributed by atoms with Gasteiger partial charge in [0.15, 0.2) is 5.54 Å². The van der Waals surface area contributed by atoms with Crippen molar-refractivity contribution in [2.75, 3.05) is 11.5 Å². The van der Waals surface area contributed by atoms with Gasteiger partial charge in [-0.3, -0.25) is 19.8 Å². The Morgan fingerprint density at radius 3 is 2.52 bits per heavy atom. The van der Waals surface area contributed by atoms with E-state index in [-0.39, 0.29) is 18.7 Å². The van der Waals surface area contributed by atoms with Crippen LogP contribution >= 0.6 is 0 Å². The molecule has 0 aromatic heterocycles. The molecule has 1 atom stereocenters. The minimum Gasteiger partial charge on any atom is -0.461 e. The number of carbonyl (C=O) groups is 4. The molecule has 0 unspecified atom stereocenters. The first-order chi connectivity index (χ1) is 12.7. The zero-order valence-electron chi connectivity index (χ0n) is 15.7. The standard InChI is InChI=1S/C19H21N3O5/c1-5-27-17(25)15-9-19(22(20-15)13(4)23)10-16(24)21(18(19)26)14-7-6-11(2)12(3)8-14/h6-9,20H,5,10H2,1-4H3/t19-/m1/s1. The first kappa shape index (κ1) is 18.6. The molecule has 2 aliphatic rings. The largest absolute Gasteiger partial charge is 0.461 e. The van der Waals surface area contributed by atoms with Crippen molar-refractivity contribution in [1.82, 2.24) is 10.4 Å². The highest BCUT2D eigenvalue weighted by Crippen LogP contribution is 2.38. The molecule has 8 heteroatoms. The molecule has 3 amide bonds. The lowest BCUT2D eigenvalue weighted by Gasteiger charge is -2.30. The quantitative estimate of drug-likeness (QED) is 0.632. The topological polar surface area (TPSA) is 96.0 Å². The Balaban J connectivity index is 2.04. The van der Waals surface area contributed by atoms with Crippen molar-refractivity contribution >= 4 is 29.4 Å². The van der Waals surface area contributed by atoms with E-state index in [2.05, 4.69) is 5.43 Å². The van der Waals surface area contributed by atoms with Crippen molar-refractivity contribution in [3.8, 4) is 0 Å². The number of hydrogen-bond donors (Lipinski definition) is 1. The zero-order valence-corrected chi connectivity index (χ0v) is 15.7. The summed E-state index contributed by atoms with van der Waals surface area (Å²) in [6.45, 7) is 6.87. The fourth-order valence-electron chi connectivity index (χ4n) is 3.33. The average Bonchev–Trinajstić information content (AvgIpc) is 3.10. The van der Waals surface area contributed by atoms with E-state index < -0.39 is 29.2 Å². The minimum absolute atomic E-state index is 0.0323. The van der Waals surface area contributed by atoms with Gasteiger partial charge in [0, 0.05) is 6.92 Å². The highest BCUT2D eigenvalue weighted by Gasteiger charge is 2.59. The molecule has 1 N–H and O–H groups in total. The SMILES string of the molecule is CCOC(=O)C1=C[C@]2(CC(=O)N(c3ccc(C)c(C)c3)C2=O)N(C(C)=O)N1. The van der Waals surface area contributed by atoms with Crippen molar-refractivity contribution < 1.29 is 23.9 Å². The molecule has 0 radical (unpaired) electrons. The predicted molar refractivity (Wildman–Crippen MR) is 96.1 cm³/mol. The summed E-state index contributed by atoms with van der Waals surface area (Å²) in [6.07, 6.45) is 1.06. The number of benzene rings is 1. The smallest absolute Gasteiger partial charge is 0.355 e. The molecule has 2 heterocycles. The van der Waals surface area contributed by atoms with Crippen molar-refractivity contribution in [3.05, 3.63) is 41.1 Å². The molecular weight excluding hydrogens is 350 g/mol. The van der Waals surface area contributed by atoms with Crippen LogP contribution in [0.15, 0.2) is 30.0 Å². The number of esters is 1. The highest BCUT2D eigenvalue weighted by molar-refractivity contribution is 6.26. The average molecular weight is 371 g/mol. The molecule has 1 aromatic rings. The summed E-state index contributed by atoms with van der Waals surface area (Å²) in [5.41, 5.74) is 3.41. The van der Waals surface area contributed by atoms with Gasteiger partial charge in [0.05, 0.1) is 18.7 Å². The predicted octanol–water partition coefficient (Wildman–Crippen LogP) is 1.12. The van der Waals surface area contributed by atoms with Crippen molar-refractivity contribution in [2.24, 2.45) is 0 Å². The Morgan fingerprint density at radius 1 is 1.22 bits per heavy atom. The van der Waals surface area contributed by atoms with Gasteiger partial charge in [0.1, 0.15) is 5.70 Å². The first-order valence-electron chi connectivity index (χ1n) is 8.63. The highest BCUT2D eigenvalue weighted by atomic mass is 16.5. The van der Waals surface area contributed by atoms with E-state index >= 15 is 0 Å². The number of rotatable bonds is 3. The van der Waals surface area contributed by atoms with E-state index in [0.717, 1.165) is 21.0 Å². The first-order valence-corrected chi connectivity index (χ1v) is 8.63. The fraction of sp³-hybridized carbons (Fsp3) is 0.368. The molecule has 3 rings (SSSR count). The maximum Gasteiger partial charge on any atom is 0.355 e.